The van der Waals surface area contributed by atoms with Crippen molar-refractivity contribution in [3.05, 3.63) is 171 Å². The number of hydroxylamine groups is 4. The maximum absolute atomic E-state index is 12.1. The molecule has 0 aromatic heterocycles. The maximum Gasteiger partial charge on any atom is 0.305 e. The van der Waals surface area contributed by atoms with Crippen LogP contribution in [-0.2, 0) is 61.5 Å². The van der Waals surface area contributed by atoms with Crippen molar-refractivity contribution in [1.29, 1.82) is 0 Å². The predicted octanol–water partition coefficient (Wildman–Crippen LogP) is 8.52. The Kier molecular flexibility index (Phi) is 30.3. The number of alkyl halides is 1. The number of fused-ring (bicyclic) bond motifs is 2. The number of cyclic esters (lactones) is 1. The molecule has 5 aromatic carbocycles. The number of rotatable bonds is 6. The second kappa shape index (κ2) is 34.8. The van der Waals surface area contributed by atoms with Crippen molar-refractivity contribution in [3.63, 3.8) is 0 Å². The van der Waals surface area contributed by atoms with Gasteiger partial charge in [-0.2, -0.15) is 0 Å². The summed E-state index contributed by atoms with van der Waals surface area (Å²) in [5, 5.41) is 10.8. The third-order valence-electron chi connectivity index (χ3n) is 11.8. The standard InChI is InChI=1S/C15H10INO3.C8H5NO3.C8H12O4.C8H12O3.C7H6BrI.C7H8INO.CH4.H4N2.H2O/c16-13-8-4-1-5-10(13)9-20-17-14(18)11-6-2-3-7-12(11)15(17)19;10-7-5-3-1-2-4-6(5)8(11)9(7)12;9-7-1-2-8(3-4-10-7)11-5-6-12-8;9-7-1-3-8(4-2-7)10-5-6-11-8;8-5-6-3-1-2-4-7(6)9;8-7-4-2-1-3-6(7)5-10-9;;1-2;/h1-8H,9H2;1-4,12H;1-6H2;1-6H2;1-4H,5H2;1-4H,5,9H2;1H4;1-2H2;1H2. The van der Waals surface area contributed by atoms with Gasteiger partial charge in [0.05, 0.1) is 68.3 Å². The second-order valence-corrected chi connectivity index (χ2v) is 20.7. The van der Waals surface area contributed by atoms with E-state index in [1.54, 1.807) is 36.4 Å². The van der Waals surface area contributed by atoms with Crippen molar-refractivity contribution in [3.8, 4) is 0 Å². The quantitative estimate of drug-likeness (QED) is 0.0235. The van der Waals surface area contributed by atoms with Crippen molar-refractivity contribution in [1.82, 2.24) is 10.1 Å². The summed E-state index contributed by atoms with van der Waals surface area (Å²) in [5.41, 5.74) is 4.71. The largest absolute Gasteiger partial charge is 0.465 e. The van der Waals surface area contributed by atoms with Gasteiger partial charge in [-0.25, -0.2) is 5.90 Å². The highest BCUT2D eigenvalue weighted by molar-refractivity contribution is 14.1. The first kappa shape index (κ1) is 68.0. The van der Waals surface area contributed by atoms with E-state index in [9.17, 15) is 28.8 Å². The molecule has 78 heavy (non-hydrogen) atoms. The molecule has 4 amide bonds. The molecule has 0 radical (unpaired) electrons. The zero-order valence-corrected chi connectivity index (χ0v) is 49.6. The van der Waals surface area contributed by atoms with Crippen LogP contribution in [0.5, 0.6) is 0 Å². The summed E-state index contributed by atoms with van der Waals surface area (Å²) in [5.74, 6) is 10.1. The van der Waals surface area contributed by atoms with Crippen LogP contribution in [0, 0.1) is 10.7 Å². The Labute approximate surface area is 501 Å². The average molecular weight is 1480 g/mol. The van der Waals surface area contributed by atoms with Crippen molar-refractivity contribution in [2.24, 2.45) is 17.6 Å². The minimum Gasteiger partial charge on any atom is -0.465 e. The predicted molar refractivity (Wildman–Crippen MR) is 316 cm³/mol. The first-order chi connectivity index (χ1) is 36.7. The molecule has 1 aliphatic carbocycles. The number of esters is 1. The average Bonchev–Trinajstić information content (AvgIpc) is 4.20. The van der Waals surface area contributed by atoms with E-state index in [0.717, 1.165) is 37.9 Å². The monoisotopic (exact) mass is 1480 g/mol. The molecule has 5 aromatic rings. The Morgan fingerprint density at radius 2 is 0.885 bits per heavy atom. The van der Waals surface area contributed by atoms with Crippen LogP contribution < -0.4 is 17.6 Å². The summed E-state index contributed by atoms with van der Waals surface area (Å²) in [6.45, 7) is 3.73. The number of halogens is 4. The van der Waals surface area contributed by atoms with Crippen molar-refractivity contribution < 1.29 is 72.8 Å². The summed E-state index contributed by atoms with van der Waals surface area (Å²) in [4.78, 5) is 78.0. The van der Waals surface area contributed by atoms with Crippen LogP contribution in [0.4, 0.5) is 0 Å². The number of nitrogens with zero attached hydrogens (tertiary/aromatic N) is 2. The smallest absolute Gasteiger partial charge is 0.305 e. The maximum atomic E-state index is 12.1. The van der Waals surface area contributed by atoms with E-state index in [1.165, 1.54) is 24.8 Å². The number of ether oxygens (including phenoxy) is 5. The number of carbonyl (C=O) groups is 6. The normalized spacial score (nSPS) is 16.9. The molecular formula is C54H63BrI3N5O15. The number of carbonyl (C=O) groups excluding carboxylic acids is 6. The molecule has 24 heteroatoms. The van der Waals surface area contributed by atoms with E-state index in [4.69, 9.17) is 39.6 Å². The number of hydrogen-bond acceptors (Lipinski definition) is 17. The second-order valence-electron chi connectivity index (χ2n) is 16.6. The van der Waals surface area contributed by atoms with Gasteiger partial charge in [0.2, 0.25) is 0 Å². The Balaban J connectivity index is 0.000000249. The van der Waals surface area contributed by atoms with Crippen LogP contribution in [0.15, 0.2) is 121 Å². The van der Waals surface area contributed by atoms with E-state index in [1.807, 2.05) is 54.6 Å². The number of imide groups is 2. The van der Waals surface area contributed by atoms with Crippen LogP contribution in [-0.4, -0.2) is 101 Å². The highest BCUT2D eigenvalue weighted by Crippen LogP contribution is 2.34. The van der Waals surface area contributed by atoms with E-state index in [2.05, 4.69) is 118 Å². The molecule has 20 nitrogen and oxygen atoms in total. The molecule has 9 N–H and O–H groups in total. The number of Topliss-reactive ketones (excluding diaryl/α,β-unsaturated/α-hetero) is 1. The Morgan fingerprint density at radius 1 is 0.526 bits per heavy atom. The lowest BCUT2D eigenvalue weighted by atomic mass is 9.93. The summed E-state index contributed by atoms with van der Waals surface area (Å²) in [6, 6.07) is 37.0. The zero-order chi connectivity index (χ0) is 55.1. The van der Waals surface area contributed by atoms with Gasteiger partial charge in [0.15, 0.2) is 11.6 Å². The molecule has 0 atom stereocenters. The fraction of sp³-hybridized carbons (Fsp3) is 0.333. The van der Waals surface area contributed by atoms with Gasteiger partial charge in [-0.3, -0.25) is 55.3 Å². The summed E-state index contributed by atoms with van der Waals surface area (Å²) in [6.07, 6.45) is 4.46. The number of ketones is 1. The van der Waals surface area contributed by atoms with Crippen LogP contribution in [0.2, 0.25) is 0 Å². The van der Waals surface area contributed by atoms with Gasteiger partial charge in [0.1, 0.15) is 12.4 Å². The number of nitrogens with two attached hydrogens (primary N) is 3. The lowest BCUT2D eigenvalue weighted by Crippen LogP contribution is -2.35. The van der Waals surface area contributed by atoms with Gasteiger partial charge in [0.25, 0.3) is 23.6 Å². The van der Waals surface area contributed by atoms with Crippen molar-refractivity contribution in [2.45, 2.75) is 82.5 Å². The van der Waals surface area contributed by atoms with Gasteiger partial charge in [-0.15, -0.1) is 10.1 Å². The molecule has 0 unspecified atom stereocenters. The van der Waals surface area contributed by atoms with Gasteiger partial charge >= 0.3 is 5.97 Å². The number of benzene rings is 5. The van der Waals surface area contributed by atoms with E-state index in [-0.39, 0.29) is 47.5 Å². The minimum atomic E-state index is -0.657. The first-order valence-corrected chi connectivity index (χ1v) is 28.0. The molecule has 3 saturated heterocycles. The summed E-state index contributed by atoms with van der Waals surface area (Å²) in [7, 11) is 0. The third-order valence-corrected chi connectivity index (χ3v) is 15.5. The third kappa shape index (κ3) is 19.5. The summed E-state index contributed by atoms with van der Waals surface area (Å²) >= 11 is 10.2. The van der Waals surface area contributed by atoms with Crippen LogP contribution in [0.25, 0.3) is 0 Å². The highest BCUT2D eigenvalue weighted by Gasteiger charge is 2.41. The first-order valence-electron chi connectivity index (χ1n) is 23.6. The fourth-order valence-corrected chi connectivity index (χ4v) is 10.5. The number of hydrazine groups is 1. The lowest BCUT2D eigenvalue weighted by Gasteiger charge is -2.30. The molecule has 2 spiro atoms. The van der Waals surface area contributed by atoms with Crippen molar-refractivity contribution >= 4 is 119 Å². The molecule has 6 aliphatic rings. The van der Waals surface area contributed by atoms with Gasteiger partial charge in [0, 0.05) is 54.6 Å². The molecule has 422 valence electrons. The minimum absolute atomic E-state index is 0. The number of hydrogen-bond donors (Lipinski definition) is 4. The summed E-state index contributed by atoms with van der Waals surface area (Å²) < 4.78 is 30.3. The Bertz CT molecular complexity index is 2680. The number of amides is 4. The van der Waals surface area contributed by atoms with Crippen molar-refractivity contribution in [2.75, 3.05) is 33.0 Å². The molecule has 11 rings (SSSR count). The van der Waals surface area contributed by atoms with E-state index in [0.29, 0.717) is 88.7 Å². The fourth-order valence-electron chi connectivity index (χ4n) is 7.81. The van der Waals surface area contributed by atoms with Gasteiger partial charge in [-0.05, 0) is 127 Å². The molecule has 5 aliphatic heterocycles. The van der Waals surface area contributed by atoms with Crippen LogP contribution in [0.3, 0.4) is 0 Å². The van der Waals surface area contributed by atoms with Crippen LogP contribution in [0.1, 0.15) is 110 Å². The SMILES string of the molecule is BrCc1ccccc1I.C.NN.NOCc1ccccc1I.O.O=C1CCC2(CC1)OCCO2.O=C1CCC2(CCO1)OCCO2.O=C1c2ccccc2C(=O)N1O.O=C1c2ccccc2C(=O)N1OCc1ccccc1I. The Hall–Kier alpha value is -4.25. The molecular weight excluding hydrogens is 1420 g/mol. The molecule has 5 heterocycles. The molecule has 0 bridgehead atoms. The Morgan fingerprint density at radius 3 is 1.28 bits per heavy atom. The highest BCUT2D eigenvalue weighted by atomic mass is 127. The van der Waals surface area contributed by atoms with E-state index < -0.39 is 29.4 Å². The topological polar surface area (TPSA) is 303 Å². The van der Waals surface area contributed by atoms with Gasteiger partial charge < -0.3 is 29.2 Å². The van der Waals surface area contributed by atoms with E-state index >= 15 is 0 Å². The molecule has 1 saturated carbocycles. The molecule has 4 fully saturated rings. The zero-order valence-electron chi connectivity index (χ0n) is 41.5. The lowest BCUT2D eigenvalue weighted by molar-refractivity contribution is -0.179. The van der Waals surface area contributed by atoms with Crippen LogP contribution >= 0.6 is 83.7 Å². The van der Waals surface area contributed by atoms with Gasteiger partial charge in [-0.1, -0.05) is 102 Å².